The number of aliphatic hydroxyl groups is 1. The summed E-state index contributed by atoms with van der Waals surface area (Å²) in [4.78, 5) is 10.9. The zero-order chi connectivity index (χ0) is 11.6. The molecule has 2 atom stereocenters. The Labute approximate surface area is 91.7 Å². The highest BCUT2D eigenvalue weighted by molar-refractivity contribution is 5.87. The van der Waals surface area contributed by atoms with Crippen molar-refractivity contribution in [1.82, 2.24) is 0 Å². The van der Waals surface area contributed by atoms with E-state index in [0.29, 0.717) is 6.42 Å². The zero-order valence-electron chi connectivity index (χ0n) is 9.95. The van der Waals surface area contributed by atoms with Crippen molar-refractivity contribution in [2.45, 2.75) is 40.2 Å². The molecule has 0 spiro atoms. The quantitative estimate of drug-likeness (QED) is 0.559. The molecule has 15 heavy (non-hydrogen) atoms. The average molecular weight is 208 g/mol. The number of allylic oxidation sites excluding steroid dienone is 3. The summed E-state index contributed by atoms with van der Waals surface area (Å²) in [6.45, 7) is 7.69. The van der Waals surface area contributed by atoms with Crippen LogP contribution >= 0.6 is 0 Å². The van der Waals surface area contributed by atoms with Crippen molar-refractivity contribution in [3.63, 3.8) is 0 Å². The predicted molar refractivity (Wildman–Crippen MR) is 61.5 cm³/mol. The average Bonchev–Trinajstić information content (AvgIpc) is 2.11. The fourth-order valence-electron chi connectivity index (χ4n) is 2.15. The van der Waals surface area contributed by atoms with Gasteiger partial charge in [-0.1, -0.05) is 31.6 Å². The lowest BCUT2D eigenvalue weighted by Crippen LogP contribution is -2.39. The minimum atomic E-state index is -0.331. The molecule has 0 fully saturated rings. The number of hydrogen-bond acceptors (Lipinski definition) is 2. The lowest BCUT2D eigenvalue weighted by molar-refractivity contribution is -0.112. The number of rotatable bonds is 2. The molecule has 0 aliphatic heterocycles. The first-order valence-electron chi connectivity index (χ1n) is 5.39. The molecule has 1 N–H and O–H groups in total. The Bertz CT molecular complexity index is 310. The fraction of sp³-hybridized carbons (Fsp3) is 0.615. The first-order chi connectivity index (χ1) is 6.85. The molecule has 2 heteroatoms. The molecule has 0 saturated heterocycles. The lowest BCUT2D eigenvalue weighted by atomic mass is 9.67. The Morgan fingerprint density at radius 3 is 2.73 bits per heavy atom. The van der Waals surface area contributed by atoms with Crippen LogP contribution in [0.4, 0.5) is 0 Å². The van der Waals surface area contributed by atoms with Crippen molar-refractivity contribution in [3.8, 4) is 0 Å². The van der Waals surface area contributed by atoms with Crippen LogP contribution < -0.4 is 0 Å². The van der Waals surface area contributed by atoms with E-state index in [1.54, 1.807) is 13.0 Å². The smallest absolute Gasteiger partial charge is 0.152 e. The third kappa shape index (κ3) is 2.57. The normalized spacial score (nSPS) is 30.3. The summed E-state index contributed by atoms with van der Waals surface area (Å²) in [5.74, 6) is 0.212. The van der Waals surface area contributed by atoms with Crippen LogP contribution in [0.2, 0.25) is 0 Å². The van der Waals surface area contributed by atoms with Crippen molar-refractivity contribution in [3.05, 3.63) is 23.8 Å². The van der Waals surface area contributed by atoms with Crippen LogP contribution in [0.5, 0.6) is 0 Å². The summed E-state index contributed by atoms with van der Waals surface area (Å²) in [7, 11) is 0. The predicted octanol–water partition coefficient (Wildman–Crippen LogP) is 2.48. The molecule has 0 saturated carbocycles. The molecule has 1 aliphatic rings. The van der Waals surface area contributed by atoms with E-state index in [4.69, 9.17) is 0 Å². The van der Waals surface area contributed by atoms with Gasteiger partial charge < -0.3 is 5.11 Å². The van der Waals surface area contributed by atoms with Crippen LogP contribution in [0.3, 0.4) is 0 Å². The maximum absolute atomic E-state index is 10.9. The minimum Gasteiger partial charge on any atom is -0.392 e. The van der Waals surface area contributed by atoms with Crippen LogP contribution in [0.25, 0.3) is 0 Å². The first kappa shape index (κ1) is 12.2. The number of aliphatic hydroxyl groups excluding tert-OH is 1. The number of carbonyl (C=O) groups is 1. The molecular formula is C13H20O2. The molecule has 0 aromatic heterocycles. The van der Waals surface area contributed by atoms with Crippen molar-refractivity contribution in [2.24, 2.45) is 11.3 Å². The second kappa shape index (κ2) is 4.31. The van der Waals surface area contributed by atoms with Gasteiger partial charge in [0.25, 0.3) is 0 Å². The van der Waals surface area contributed by atoms with E-state index in [-0.39, 0.29) is 23.2 Å². The molecule has 84 valence electrons. The summed E-state index contributed by atoms with van der Waals surface area (Å²) in [6.07, 6.45) is 5.95. The van der Waals surface area contributed by atoms with E-state index < -0.39 is 0 Å². The van der Waals surface area contributed by atoms with Crippen LogP contribution in [0, 0.1) is 11.3 Å². The van der Waals surface area contributed by atoms with E-state index in [1.807, 2.05) is 19.9 Å². The highest BCUT2D eigenvalue weighted by Gasteiger charge is 2.38. The van der Waals surface area contributed by atoms with Crippen LogP contribution in [-0.4, -0.2) is 17.0 Å². The maximum atomic E-state index is 10.9. The number of hydrogen-bond donors (Lipinski definition) is 1. The molecule has 0 aromatic carbocycles. The van der Waals surface area contributed by atoms with Crippen molar-refractivity contribution >= 4 is 5.78 Å². The highest BCUT2D eigenvalue weighted by atomic mass is 16.3. The fourth-order valence-corrected chi connectivity index (χ4v) is 2.15. The van der Waals surface area contributed by atoms with Crippen LogP contribution in [0.1, 0.15) is 34.1 Å². The van der Waals surface area contributed by atoms with Gasteiger partial charge in [0.05, 0.1) is 6.10 Å². The van der Waals surface area contributed by atoms with Crippen LogP contribution in [-0.2, 0) is 4.79 Å². The van der Waals surface area contributed by atoms with E-state index >= 15 is 0 Å². The topological polar surface area (TPSA) is 37.3 Å². The maximum Gasteiger partial charge on any atom is 0.152 e. The molecule has 2 nitrogen and oxygen atoms in total. The minimum absolute atomic E-state index is 0.0543. The van der Waals surface area contributed by atoms with E-state index in [0.717, 1.165) is 0 Å². The van der Waals surface area contributed by atoms with Crippen molar-refractivity contribution in [2.75, 3.05) is 0 Å². The van der Waals surface area contributed by atoms with Gasteiger partial charge in [-0.25, -0.2) is 0 Å². The summed E-state index contributed by atoms with van der Waals surface area (Å²) in [5, 5.41) is 9.93. The Morgan fingerprint density at radius 2 is 2.20 bits per heavy atom. The van der Waals surface area contributed by atoms with E-state index in [1.165, 1.54) is 5.57 Å². The first-order valence-corrected chi connectivity index (χ1v) is 5.39. The second-order valence-corrected chi connectivity index (χ2v) is 4.97. The van der Waals surface area contributed by atoms with Gasteiger partial charge in [0.2, 0.25) is 0 Å². The summed E-state index contributed by atoms with van der Waals surface area (Å²) >= 11 is 0. The van der Waals surface area contributed by atoms with Gasteiger partial charge in [-0.2, -0.15) is 0 Å². The summed E-state index contributed by atoms with van der Waals surface area (Å²) in [6, 6.07) is 0. The van der Waals surface area contributed by atoms with Gasteiger partial charge in [-0.15, -0.1) is 0 Å². The lowest BCUT2D eigenvalue weighted by Gasteiger charge is -2.40. The largest absolute Gasteiger partial charge is 0.392 e. The summed E-state index contributed by atoms with van der Waals surface area (Å²) < 4.78 is 0. The molecule has 1 aliphatic carbocycles. The van der Waals surface area contributed by atoms with E-state index in [2.05, 4.69) is 13.0 Å². The van der Waals surface area contributed by atoms with Gasteiger partial charge in [-0.3, -0.25) is 4.79 Å². The summed E-state index contributed by atoms with van der Waals surface area (Å²) in [5.41, 5.74) is 1.05. The molecule has 0 amide bonds. The van der Waals surface area contributed by atoms with Gasteiger partial charge >= 0.3 is 0 Å². The highest BCUT2D eigenvalue weighted by Crippen LogP contribution is 2.41. The zero-order valence-corrected chi connectivity index (χ0v) is 9.95. The number of ketones is 1. The van der Waals surface area contributed by atoms with Crippen molar-refractivity contribution < 1.29 is 9.90 Å². The third-order valence-electron chi connectivity index (χ3n) is 3.34. The van der Waals surface area contributed by atoms with Gasteiger partial charge in [0, 0.05) is 11.3 Å². The van der Waals surface area contributed by atoms with Gasteiger partial charge in [-0.05, 0) is 26.3 Å². The van der Waals surface area contributed by atoms with Crippen molar-refractivity contribution in [1.29, 1.82) is 0 Å². The van der Waals surface area contributed by atoms with Crippen LogP contribution in [0.15, 0.2) is 23.8 Å². The molecular weight excluding hydrogens is 188 g/mol. The number of carbonyl (C=O) groups excluding carboxylic acids is 1. The molecule has 0 bridgehead atoms. The van der Waals surface area contributed by atoms with Gasteiger partial charge in [0.1, 0.15) is 0 Å². The molecule has 2 unspecified atom stereocenters. The third-order valence-corrected chi connectivity index (χ3v) is 3.34. The molecule has 1 rings (SSSR count). The second-order valence-electron chi connectivity index (χ2n) is 4.97. The Hall–Kier alpha value is -0.890. The van der Waals surface area contributed by atoms with E-state index in [9.17, 15) is 9.90 Å². The SMILES string of the molecule is CC(=O)/C=C/C1C(C)=CCC(O)C1(C)C. The molecule has 0 radical (unpaired) electrons. The Morgan fingerprint density at radius 1 is 1.60 bits per heavy atom. The molecule has 0 aromatic rings. The molecule has 0 heterocycles. The standard InChI is InChI=1S/C13H20O2/c1-9-5-8-12(15)13(3,4)11(9)7-6-10(2)14/h5-7,11-12,15H,8H2,1-4H3/b7-6+. The van der Waals surface area contributed by atoms with Gasteiger partial charge in [0.15, 0.2) is 5.78 Å². The monoisotopic (exact) mass is 208 g/mol. The Kier molecular flexibility index (Phi) is 3.50. The Balaban J connectivity index is 2.96.